The summed E-state index contributed by atoms with van der Waals surface area (Å²) < 4.78 is 4.98. The number of Topliss-reactive ketones (excluding diaryl/α,β-unsaturated/α-hetero) is 1. The average Bonchev–Trinajstić information content (AvgIpc) is 2.49. The number of hydrogen-bond acceptors (Lipinski definition) is 3. The molecule has 0 radical (unpaired) electrons. The molecule has 0 saturated heterocycles. The van der Waals surface area contributed by atoms with Gasteiger partial charge in [-0.05, 0) is 19.8 Å². The fourth-order valence-electron chi connectivity index (χ4n) is 1.84. The summed E-state index contributed by atoms with van der Waals surface area (Å²) in [6.45, 7) is 4.13. The minimum absolute atomic E-state index is 0.190. The molecule has 0 N–H and O–H groups in total. The van der Waals surface area contributed by atoms with Gasteiger partial charge in [-0.2, -0.15) is 0 Å². The number of hydrogen-bond donors (Lipinski definition) is 0. The molecule has 1 fully saturated rings. The van der Waals surface area contributed by atoms with Crippen molar-refractivity contribution in [1.29, 1.82) is 0 Å². The molecule has 0 amide bonds. The van der Waals surface area contributed by atoms with Gasteiger partial charge in [0.15, 0.2) is 0 Å². The van der Waals surface area contributed by atoms with E-state index in [9.17, 15) is 9.59 Å². The summed E-state index contributed by atoms with van der Waals surface area (Å²) >= 11 is 0. The molecule has 0 aliphatic heterocycles. The van der Waals surface area contributed by atoms with Crippen LogP contribution in [-0.2, 0) is 14.3 Å². The van der Waals surface area contributed by atoms with Crippen molar-refractivity contribution in [3.05, 3.63) is 0 Å². The van der Waals surface area contributed by atoms with Crippen LogP contribution in [0.25, 0.3) is 0 Å². The molecule has 0 aromatic carbocycles. The molecular weight excluding hydrogens is 168 g/mol. The monoisotopic (exact) mass is 184 g/mol. The van der Waals surface area contributed by atoms with E-state index >= 15 is 0 Å². The fraction of sp³-hybridized carbons (Fsp3) is 0.800. The van der Waals surface area contributed by atoms with Crippen molar-refractivity contribution in [2.45, 2.75) is 39.5 Å². The van der Waals surface area contributed by atoms with Crippen molar-refractivity contribution in [3.8, 4) is 0 Å². The lowest BCUT2D eigenvalue weighted by molar-refractivity contribution is -0.156. The van der Waals surface area contributed by atoms with Crippen LogP contribution < -0.4 is 0 Å². The van der Waals surface area contributed by atoms with Crippen LogP contribution in [0.3, 0.4) is 0 Å². The number of carbonyl (C=O) groups excluding carboxylic acids is 2. The molecule has 13 heavy (non-hydrogen) atoms. The number of ether oxygens (including phenoxy) is 1. The molecule has 0 bridgehead atoms. The summed E-state index contributed by atoms with van der Waals surface area (Å²) in [5, 5.41) is 0. The number of esters is 1. The van der Waals surface area contributed by atoms with Crippen LogP contribution in [0.5, 0.6) is 0 Å². The number of rotatable bonds is 3. The zero-order valence-electron chi connectivity index (χ0n) is 8.26. The van der Waals surface area contributed by atoms with Gasteiger partial charge in [-0.1, -0.05) is 6.92 Å². The van der Waals surface area contributed by atoms with Gasteiger partial charge in [0.2, 0.25) is 0 Å². The summed E-state index contributed by atoms with van der Waals surface area (Å²) in [7, 11) is 0. The Hall–Kier alpha value is -0.860. The third-order valence-corrected chi connectivity index (χ3v) is 2.80. The predicted molar refractivity (Wildman–Crippen MR) is 48.2 cm³/mol. The molecule has 3 heteroatoms. The van der Waals surface area contributed by atoms with Gasteiger partial charge in [0.05, 0.1) is 12.0 Å². The molecule has 0 aromatic heterocycles. The van der Waals surface area contributed by atoms with Gasteiger partial charge >= 0.3 is 5.97 Å². The molecule has 0 spiro atoms. The second kappa shape index (κ2) is 3.90. The highest BCUT2D eigenvalue weighted by atomic mass is 16.5. The van der Waals surface area contributed by atoms with Gasteiger partial charge in [-0.15, -0.1) is 0 Å². The molecule has 1 atom stereocenters. The third-order valence-electron chi connectivity index (χ3n) is 2.80. The summed E-state index contributed by atoms with van der Waals surface area (Å²) in [5.41, 5.74) is -0.493. The van der Waals surface area contributed by atoms with Gasteiger partial charge in [0.1, 0.15) is 5.78 Å². The van der Waals surface area contributed by atoms with Gasteiger partial charge in [-0.3, -0.25) is 9.59 Å². The topological polar surface area (TPSA) is 43.4 Å². The second-order valence-corrected chi connectivity index (χ2v) is 3.57. The van der Waals surface area contributed by atoms with E-state index < -0.39 is 5.41 Å². The Labute approximate surface area is 78.5 Å². The van der Waals surface area contributed by atoms with Crippen LogP contribution >= 0.6 is 0 Å². The van der Waals surface area contributed by atoms with E-state index in [1.54, 1.807) is 6.92 Å². The Morgan fingerprint density at radius 3 is 2.62 bits per heavy atom. The zero-order chi connectivity index (χ0) is 9.90. The fourth-order valence-corrected chi connectivity index (χ4v) is 1.84. The molecular formula is C10H16O3. The summed E-state index contributed by atoms with van der Waals surface area (Å²) in [4.78, 5) is 22.7. The second-order valence-electron chi connectivity index (χ2n) is 3.57. The quantitative estimate of drug-likeness (QED) is 0.627. The lowest BCUT2D eigenvalue weighted by Crippen LogP contribution is -2.30. The van der Waals surface area contributed by atoms with Crippen LogP contribution in [0.2, 0.25) is 0 Å². The lowest BCUT2D eigenvalue weighted by Gasteiger charge is -2.23. The minimum Gasteiger partial charge on any atom is -0.466 e. The Balaban J connectivity index is 2.70. The Kier molecular flexibility index (Phi) is 3.07. The highest BCUT2D eigenvalue weighted by Gasteiger charge is 2.44. The maximum atomic E-state index is 11.6. The van der Waals surface area contributed by atoms with Crippen LogP contribution in [0.4, 0.5) is 0 Å². The van der Waals surface area contributed by atoms with Gasteiger partial charge < -0.3 is 4.74 Å². The predicted octanol–water partition coefficient (Wildman–Crippen LogP) is 1.70. The lowest BCUT2D eigenvalue weighted by atomic mass is 9.83. The van der Waals surface area contributed by atoms with Crippen molar-refractivity contribution in [2.24, 2.45) is 5.41 Å². The Morgan fingerprint density at radius 2 is 2.23 bits per heavy atom. The molecule has 1 saturated carbocycles. The van der Waals surface area contributed by atoms with Crippen LogP contribution in [0, 0.1) is 5.41 Å². The molecule has 1 aliphatic rings. The summed E-state index contributed by atoms with van der Waals surface area (Å²) in [6, 6.07) is 0. The number of ketones is 1. The molecule has 0 aromatic rings. The Bertz CT molecular complexity index is 222. The first-order valence-corrected chi connectivity index (χ1v) is 4.83. The third kappa shape index (κ3) is 1.90. The van der Waals surface area contributed by atoms with E-state index in [2.05, 4.69) is 0 Å². The van der Waals surface area contributed by atoms with Gasteiger partial charge in [-0.25, -0.2) is 0 Å². The standard InChI is InChI=1S/C10H16O3/c1-3-10(9(12)13-4-2)6-5-8(11)7-10/h3-7H2,1-2H3. The molecule has 3 nitrogen and oxygen atoms in total. The first kappa shape index (κ1) is 10.2. The first-order valence-electron chi connectivity index (χ1n) is 4.83. The van der Waals surface area contributed by atoms with E-state index in [0.717, 1.165) is 0 Å². The van der Waals surface area contributed by atoms with Crippen molar-refractivity contribution in [2.75, 3.05) is 6.61 Å². The van der Waals surface area contributed by atoms with Crippen LogP contribution in [0.1, 0.15) is 39.5 Å². The maximum absolute atomic E-state index is 11.6. The van der Waals surface area contributed by atoms with Gasteiger partial charge in [0.25, 0.3) is 0 Å². The summed E-state index contributed by atoms with van der Waals surface area (Å²) in [6.07, 6.45) is 2.29. The number of carbonyl (C=O) groups is 2. The SMILES string of the molecule is CCOC(=O)C1(CC)CCC(=O)C1. The van der Waals surface area contributed by atoms with E-state index in [1.165, 1.54) is 0 Å². The largest absolute Gasteiger partial charge is 0.466 e. The minimum atomic E-state index is -0.493. The highest BCUT2D eigenvalue weighted by Crippen LogP contribution is 2.40. The average molecular weight is 184 g/mol. The molecule has 74 valence electrons. The smallest absolute Gasteiger partial charge is 0.312 e. The van der Waals surface area contributed by atoms with Gasteiger partial charge in [0, 0.05) is 12.8 Å². The van der Waals surface area contributed by atoms with Crippen LogP contribution in [-0.4, -0.2) is 18.4 Å². The normalized spacial score (nSPS) is 27.7. The van der Waals surface area contributed by atoms with Crippen LogP contribution in [0.15, 0.2) is 0 Å². The van der Waals surface area contributed by atoms with Crippen molar-refractivity contribution in [3.63, 3.8) is 0 Å². The van der Waals surface area contributed by atoms with Crippen molar-refractivity contribution < 1.29 is 14.3 Å². The highest BCUT2D eigenvalue weighted by molar-refractivity contribution is 5.90. The molecule has 1 unspecified atom stereocenters. The van der Waals surface area contributed by atoms with Crippen molar-refractivity contribution >= 4 is 11.8 Å². The van der Waals surface area contributed by atoms with E-state index in [0.29, 0.717) is 32.3 Å². The van der Waals surface area contributed by atoms with Crippen molar-refractivity contribution in [1.82, 2.24) is 0 Å². The van der Waals surface area contributed by atoms with E-state index in [1.807, 2.05) is 6.92 Å². The summed E-state index contributed by atoms with van der Waals surface area (Å²) in [5.74, 6) is -0.00162. The Morgan fingerprint density at radius 1 is 1.54 bits per heavy atom. The zero-order valence-corrected chi connectivity index (χ0v) is 8.26. The van der Waals surface area contributed by atoms with E-state index in [4.69, 9.17) is 4.74 Å². The van der Waals surface area contributed by atoms with E-state index in [-0.39, 0.29) is 11.8 Å². The molecule has 1 aliphatic carbocycles. The molecule has 0 heterocycles. The maximum Gasteiger partial charge on any atom is 0.312 e. The molecule has 1 rings (SSSR count). The first-order chi connectivity index (χ1) is 6.14.